The molecule has 0 aliphatic carbocycles. The Morgan fingerprint density at radius 2 is 1.72 bits per heavy atom. The van der Waals surface area contributed by atoms with Crippen LogP contribution in [0.25, 0.3) is 0 Å². The lowest BCUT2D eigenvalue weighted by Gasteiger charge is -2.29. The summed E-state index contributed by atoms with van der Waals surface area (Å²) in [4.78, 5) is 27.2. The first kappa shape index (κ1) is 23.0. The van der Waals surface area contributed by atoms with Gasteiger partial charge in [0.25, 0.3) is 0 Å². The average Bonchev–Trinajstić information content (AvgIpc) is 2.74. The summed E-state index contributed by atoms with van der Waals surface area (Å²) in [6.45, 7) is 6.95. The van der Waals surface area contributed by atoms with Gasteiger partial charge in [-0.15, -0.1) is 0 Å². The van der Waals surface area contributed by atoms with Crippen molar-refractivity contribution in [1.82, 2.24) is 10.2 Å². The zero-order valence-electron chi connectivity index (χ0n) is 17.7. The first-order chi connectivity index (χ1) is 14.0. The Morgan fingerprint density at radius 1 is 1.03 bits per heavy atom. The Hall–Kier alpha value is -2.27. The van der Waals surface area contributed by atoms with Crippen molar-refractivity contribution in [2.24, 2.45) is 0 Å². The minimum Gasteiger partial charge on any atom is -0.354 e. The van der Waals surface area contributed by atoms with E-state index in [1.807, 2.05) is 63.2 Å². The molecule has 0 aromatic heterocycles. The highest BCUT2D eigenvalue weighted by atomic mass is 32.2. The second kappa shape index (κ2) is 12.3. The van der Waals surface area contributed by atoms with E-state index in [0.717, 1.165) is 23.5 Å². The summed E-state index contributed by atoms with van der Waals surface area (Å²) in [5, 5.41) is 2.91. The highest BCUT2D eigenvalue weighted by molar-refractivity contribution is 7.98. The SMILES string of the molecule is CCCNC(=O)[C@H](C)N(Cc1ccc(C)cc1)C(=O)CCSCc1ccccc1. The summed E-state index contributed by atoms with van der Waals surface area (Å²) < 4.78 is 0. The number of carbonyl (C=O) groups excluding carboxylic acids is 2. The zero-order chi connectivity index (χ0) is 21.1. The normalized spacial score (nSPS) is 11.7. The molecule has 2 aromatic carbocycles. The van der Waals surface area contributed by atoms with Gasteiger partial charge in [-0.1, -0.05) is 67.1 Å². The van der Waals surface area contributed by atoms with Crippen LogP contribution >= 0.6 is 11.8 Å². The van der Waals surface area contributed by atoms with E-state index in [4.69, 9.17) is 0 Å². The first-order valence-electron chi connectivity index (χ1n) is 10.3. The second-order valence-corrected chi connectivity index (χ2v) is 8.37. The Balaban J connectivity index is 1.97. The van der Waals surface area contributed by atoms with Crippen LogP contribution in [-0.4, -0.2) is 35.1 Å². The van der Waals surface area contributed by atoms with E-state index in [1.54, 1.807) is 16.7 Å². The standard InChI is InChI=1S/C24H32N2O2S/c1-4-15-25-24(28)20(3)26(17-21-12-10-19(2)11-13-21)23(27)14-16-29-18-22-8-6-5-7-9-22/h5-13,20H,4,14-18H2,1-3H3,(H,25,28)/t20-/m0/s1. The first-order valence-corrected chi connectivity index (χ1v) is 11.4. The Kier molecular flexibility index (Phi) is 9.78. The number of amides is 2. The molecule has 1 atom stereocenters. The van der Waals surface area contributed by atoms with Crippen molar-refractivity contribution in [2.75, 3.05) is 12.3 Å². The maximum atomic E-state index is 13.0. The van der Waals surface area contributed by atoms with Crippen molar-refractivity contribution in [1.29, 1.82) is 0 Å². The fraction of sp³-hybridized carbons (Fsp3) is 0.417. The summed E-state index contributed by atoms with van der Waals surface area (Å²) in [7, 11) is 0. The summed E-state index contributed by atoms with van der Waals surface area (Å²) in [5.41, 5.74) is 3.47. The number of rotatable bonds is 11. The molecule has 1 N–H and O–H groups in total. The number of benzene rings is 2. The van der Waals surface area contributed by atoms with Gasteiger partial charge in [-0.2, -0.15) is 11.8 Å². The molecule has 156 valence electrons. The van der Waals surface area contributed by atoms with E-state index < -0.39 is 6.04 Å². The third-order valence-electron chi connectivity index (χ3n) is 4.76. The van der Waals surface area contributed by atoms with E-state index in [9.17, 15) is 9.59 Å². The number of hydrogen-bond acceptors (Lipinski definition) is 3. The lowest BCUT2D eigenvalue weighted by atomic mass is 10.1. The number of nitrogens with one attached hydrogen (secondary N) is 1. The molecule has 5 heteroatoms. The zero-order valence-corrected chi connectivity index (χ0v) is 18.5. The third-order valence-corrected chi connectivity index (χ3v) is 5.79. The number of hydrogen-bond donors (Lipinski definition) is 1. The predicted molar refractivity (Wildman–Crippen MR) is 122 cm³/mol. The molecule has 0 fully saturated rings. The van der Waals surface area contributed by atoms with Crippen molar-refractivity contribution in [3.05, 3.63) is 71.3 Å². The third kappa shape index (κ3) is 7.94. The van der Waals surface area contributed by atoms with Gasteiger partial charge in [0.1, 0.15) is 6.04 Å². The van der Waals surface area contributed by atoms with Crippen LogP contribution in [0.15, 0.2) is 54.6 Å². The monoisotopic (exact) mass is 412 g/mol. The average molecular weight is 413 g/mol. The maximum Gasteiger partial charge on any atom is 0.242 e. The van der Waals surface area contributed by atoms with Gasteiger partial charge < -0.3 is 10.2 Å². The Bertz CT molecular complexity index is 762. The Morgan fingerprint density at radius 3 is 2.38 bits per heavy atom. The van der Waals surface area contributed by atoms with E-state index in [1.165, 1.54) is 11.1 Å². The Labute approximate surface area is 179 Å². The van der Waals surface area contributed by atoms with Crippen LogP contribution < -0.4 is 5.32 Å². The molecule has 0 heterocycles. The molecule has 2 rings (SSSR count). The van der Waals surface area contributed by atoms with Crippen LogP contribution in [-0.2, 0) is 21.9 Å². The minimum atomic E-state index is -0.491. The minimum absolute atomic E-state index is 0.0188. The molecule has 0 saturated heterocycles. The molecule has 2 amide bonds. The lowest BCUT2D eigenvalue weighted by molar-refractivity contribution is -0.140. The van der Waals surface area contributed by atoms with Crippen molar-refractivity contribution < 1.29 is 9.59 Å². The van der Waals surface area contributed by atoms with Crippen LogP contribution in [0, 0.1) is 6.92 Å². The van der Waals surface area contributed by atoms with Crippen LogP contribution in [0.2, 0.25) is 0 Å². The summed E-state index contributed by atoms with van der Waals surface area (Å²) in [6, 6.07) is 17.9. The molecule has 0 unspecified atom stereocenters. The van der Waals surface area contributed by atoms with Gasteiger partial charge in [0.05, 0.1) is 0 Å². The van der Waals surface area contributed by atoms with Gasteiger partial charge in [-0.05, 0) is 31.4 Å². The fourth-order valence-corrected chi connectivity index (χ4v) is 3.83. The van der Waals surface area contributed by atoms with Gasteiger partial charge in [0.2, 0.25) is 11.8 Å². The summed E-state index contributed by atoms with van der Waals surface area (Å²) in [5.74, 6) is 1.55. The van der Waals surface area contributed by atoms with Crippen molar-refractivity contribution >= 4 is 23.6 Å². The van der Waals surface area contributed by atoms with Gasteiger partial charge in [0, 0.05) is 31.0 Å². The van der Waals surface area contributed by atoms with Gasteiger partial charge in [0.15, 0.2) is 0 Å². The molecular formula is C24H32N2O2S. The molecular weight excluding hydrogens is 380 g/mol. The molecule has 0 aliphatic heterocycles. The highest BCUT2D eigenvalue weighted by Gasteiger charge is 2.25. The van der Waals surface area contributed by atoms with Gasteiger partial charge in [-0.25, -0.2) is 0 Å². The second-order valence-electron chi connectivity index (χ2n) is 7.26. The van der Waals surface area contributed by atoms with Crippen molar-refractivity contribution in [2.45, 2.75) is 52.0 Å². The lowest BCUT2D eigenvalue weighted by Crippen LogP contribution is -2.47. The topological polar surface area (TPSA) is 49.4 Å². The quantitative estimate of drug-likeness (QED) is 0.550. The van der Waals surface area contributed by atoms with Crippen molar-refractivity contribution in [3.8, 4) is 0 Å². The number of carbonyl (C=O) groups is 2. The highest BCUT2D eigenvalue weighted by Crippen LogP contribution is 2.16. The number of thioether (sulfide) groups is 1. The predicted octanol–water partition coefficient (Wildman–Crippen LogP) is 4.56. The van der Waals surface area contributed by atoms with Crippen LogP contribution in [0.4, 0.5) is 0 Å². The van der Waals surface area contributed by atoms with Crippen LogP contribution in [0.5, 0.6) is 0 Å². The molecule has 0 saturated carbocycles. The molecule has 29 heavy (non-hydrogen) atoms. The molecule has 4 nitrogen and oxygen atoms in total. The largest absolute Gasteiger partial charge is 0.354 e. The molecule has 2 aromatic rings. The molecule has 0 spiro atoms. The summed E-state index contributed by atoms with van der Waals surface area (Å²) in [6.07, 6.45) is 1.30. The van der Waals surface area contributed by atoms with Crippen LogP contribution in [0.1, 0.15) is 43.4 Å². The van der Waals surface area contributed by atoms with E-state index >= 15 is 0 Å². The van der Waals surface area contributed by atoms with E-state index in [-0.39, 0.29) is 11.8 Å². The number of aryl methyl sites for hydroxylation is 1. The van der Waals surface area contributed by atoms with Gasteiger partial charge in [-0.3, -0.25) is 9.59 Å². The molecule has 0 bridgehead atoms. The molecule has 0 aliphatic rings. The maximum absolute atomic E-state index is 13.0. The smallest absolute Gasteiger partial charge is 0.242 e. The fourth-order valence-electron chi connectivity index (χ4n) is 2.94. The molecule has 0 radical (unpaired) electrons. The van der Waals surface area contributed by atoms with E-state index in [2.05, 4.69) is 17.4 Å². The summed E-state index contributed by atoms with van der Waals surface area (Å²) >= 11 is 1.75. The van der Waals surface area contributed by atoms with Crippen molar-refractivity contribution in [3.63, 3.8) is 0 Å². The number of nitrogens with zero attached hydrogens (tertiary/aromatic N) is 1. The van der Waals surface area contributed by atoms with Crippen LogP contribution in [0.3, 0.4) is 0 Å². The van der Waals surface area contributed by atoms with Gasteiger partial charge >= 0.3 is 0 Å². The van der Waals surface area contributed by atoms with E-state index in [0.29, 0.717) is 19.5 Å².